The van der Waals surface area contributed by atoms with Crippen LogP contribution in [0.2, 0.25) is 0 Å². The molecule has 3 rings (SSSR count). The van der Waals surface area contributed by atoms with E-state index in [0.29, 0.717) is 49.2 Å². The van der Waals surface area contributed by atoms with Gasteiger partial charge in [0.25, 0.3) is 0 Å². The molecule has 2 aromatic rings. The number of ether oxygens (including phenoxy) is 4. The zero-order valence-corrected chi connectivity index (χ0v) is 23.0. The highest BCUT2D eigenvalue weighted by Crippen LogP contribution is 2.31. The standard InChI is InChI=1S/C26H35N3O8S/c1-5-36-21-10-8-20(17-23(21)37-6-2)27-25(30)18-28(3)26(31)16-19-7-9-22(34-4)24(15-19)38(32,33)29-11-13-35-14-12-29/h7-10,15,17H,5-6,11-14,16,18H2,1-4H3,(H,27,30). The summed E-state index contributed by atoms with van der Waals surface area (Å²) < 4.78 is 49.4. The molecule has 1 saturated heterocycles. The number of hydrogen-bond acceptors (Lipinski definition) is 8. The van der Waals surface area contributed by atoms with Gasteiger partial charge in [-0.05, 0) is 43.7 Å². The van der Waals surface area contributed by atoms with E-state index in [-0.39, 0.29) is 42.6 Å². The van der Waals surface area contributed by atoms with Gasteiger partial charge in [-0.25, -0.2) is 8.42 Å². The van der Waals surface area contributed by atoms with Crippen LogP contribution in [0.1, 0.15) is 19.4 Å². The van der Waals surface area contributed by atoms with E-state index in [1.165, 1.54) is 35.5 Å². The molecule has 1 heterocycles. The van der Waals surface area contributed by atoms with Crippen molar-refractivity contribution < 1.29 is 37.0 Å². The molecule has 0 bridgehead atoms. The molecule has 1 fully saturated rings. The Morgan fingerprint density at radius 2 is 1.66 bits per heavy atom. The SMILES string of the molecule is CCOc1ccc(NC(=O)CN(C)C(=O)Cc2ccc(OC)c(S(=O)(=O)N3CCOCC3)c2)cc1OCC. The number of amides is 2. The second-order valence-corrected chi connectivity index (χ2v) is 10.4. The molecule has 2 aromatic carbocycles. The van der Waals surface area contributed by atoms with Crippen molar-refractivity contribution in [3.8, 4) is 17.2 Å². The summed E-state index contributed by atoms with van der Waals surface area (Å²) in [5, 5.41) is 2.76. The second kappa shape index (κ2) is 13.4. The molecule has 2 amide bonds. The van der Waals surface area contributed by atoms with Crippen molar-refractivity contribution in [3.05, 3.63) is 42.0 Å². The molecule has 0 spiro atoms. The zero-order chi connectivity index (χ0) is 27.7. The highest BCUT2D eigenvalue weighted by molar-refractivity contribution is 7.89. The lowest BCUT2D eigenvalue weighted by atomic mass is 10.1. The van der Waals surface area contributed by atoms with Crippen LogP contribution in [-0.4, -0.2) is 89.7 Å². The van der Waals surface area contributed by atoms with Crippen molar-refractivity contribution in [1.82, 2.24) is 9.21 Å². The number of benzene rings is 2. The molecule has 0 aromatic heterocycles. The number of methoxy groups -OCH3 is 1. The molecule has 1 aliphatic rings. The molecule has 208 valence electrons. The Morgan fingerprint density at radius 1 is 1.00 bits per heavy atom. The van der Waals surface area contributed by atoms with Gasteiger partial charge in [0.15, 0.2) is 11.5 Å². The Kier molecular flexibility index (Phi) is 10.3. The molecule has 38 heavy (non-hydrogen) atoms. The summed E-state index contributed by atoms with van der Waals surface area (Å²) in [6, 6.07) is 9.70. The number of likely N-dealkylation sites (N-methyl/N-ethyl adjacent to an activating group) is 1. The lowest BCUT2D eigenvalue weighted by molar-refractivity contribution is -0.132. The van der Waals surface area contributed by atoms with E-state index in [9.17, 15) is 18.0 Å². The fourth-order valence-electron chi connectivity index (χ4n) is 3.90. The van der Waals surface area contributed by atoms with Gasteiger partial charge in [0.2, 0.25) is 21.8 Å². The first-order chi connectivity index (χ1) is 18.2. The normalized spacial score (nSPS) is 14.0. The van der Waals surface area contributed by atoms with Gasteiger partial charge in [-0.15, -0.1) is 0 Å². The molecular weight excluding hydrogens is 514 g/mol. The number of nitrogens with one attached hydrogen (secondary N) is 1. The Hall–Kier alpha value is -3.35. The highest BCUT2D eigenvalue weighted by Gasteiger charge is 2.30. The Balaban J connectivity index is 1.66. The largest absolute Gasteiger partial charge is 0.495 e. The number of morpholine rings is 1. The molecule has 1 N–H and O–H groups in total. The molecule has 0 atom stereocenters. The maximum Gasteiger partial charge on any atom is 0.246 e. The van der Waals surface area contributed by atoms with Crippen LogP contribution in [0.5, 0.6) is 17.2 Å². The topological polar surface area (TPSA) is 124 Å². The van der Waals surface area contributed by atoms with E-state index < -0.39 is 15.9 Å². The van der Waals surface area contributed by atoms with E-state index in [1.807, 2.05) is 13.8 Å². The molecule has 0 radical (unpaired) electrons. The van der Waals surface area contributed by atoms with Crippen LogP contribution in [0, 0.1) is 0 Å². The van der Waals surface area contributed by atoms with E-state index >= 15 is 0 Å². The number of carbonyl (C=O) groups is 2. The smallest absolute Gasteiger partial charge is 0.246 e. The van der Waals surface area contributed by atoms with Gasteiger partial charge in [0, 0.05) is 31.9 Å². The van der Waals surface area contributed by atoms with Crippen LogP contribution in [0.25, 0.3) is 0 Å². The maximum atomic E-state index is 13.2. The number of rotatable bonds is 12. The monoisotopic (exact) mass is 549 g/mol. The van der Waals surface area contributed by atoms with Crippen LogP contribution in [0.4, 0.5) is 5.69 Å². The molecule has 1 aliphatic heterocycles. The molecule has 0 aliphatic carbocycles. The minimum Gasteiger partial charge on any atom is -0.495 e. The van der Waals surface area contributed by atoms with Crippen molar-refractivity contribution in [2.24, 2.45) is 0 Å². The highest BCUT2D eigenvalue weighted by atomic mass is 32.2. The predicted octanol–water partition coefficient (Wildman–Crippen LogP) is 2.15. The van der Waals surface area contributed by atoms with Crippen LogP contribution < -0.4 is 19.5 Å². The van der Waals surface area contributed by atoms with Gasteiger partial charge in [-0.3, -0.25) is 9.59 Å². The van der Waals surface area contributed by atoms with Gasteiger partial charge >= 0.3 is 0 Å². The summed E-state index contributed by atoms with van der Waals surface area (Å²) in [4.78, 5) is 26.8. The Labute approximate surface area is 223 Å². The van der Waals surface area contributed by atoms with Gasteiger partial charge in [-0.2, -0.15) is 4.31 Å². The first-order valence-electron chi connectivity index (χ1n) is 12.4. The zero-order valence-electron chi connectivity index (χ0n) is 22.2. The third-order valence-electron chi connectivity index (χ3n) is 5.80. The minimum absolute atomic E-state index is 0.00630. The van der Waals surface area contributed by atoms with Crippen molar-refractivity contribution in [2.45, 2.75) is 25.2 Å². The molecule has 12 heteroatoms. The average Bonchev–Trinajstić information content (AvgIpc) is 2.90. The average molecular weight is 550 g/mol. The lowest BCUT2D eigenvalue weighted by Gasteiger charge is -2.27. The minimum atomic E-state index is -3.83. The van der Waals surface area contributed by atoms with E-state index in [0.717, 1.165) is 0 Å². The Morgan fingerprint density at radius 3 is 2.32 bits per heavy atom. The van der Waals surface area contributed by atoms with Crippen molar-refractivity contribution in [1.29, 1.82) is 0 Å². The van der Waals surface area contributed by atoms with E-state index in [1.54, 1.807) is 24.3 Å². The van der Waals surface area contributed by atoms with Crippen molar-refractivity contribution in [2.75, 3.05) is 65.5 Å². The van der Waals surface area contributed by atoms with Gasteiger partial charge < -0.3 is 29.2 Å². The number of anilines is 1. The molecular formula is C26H35N3O8S. The van der Waals surface area contributed by atoms with Crippen LogP contribution in [0.3, 0.4) is 0 Å². The third-order valence-corrected chi connectivity index (χ3v) is 7.72. The van der Waals surface area contributed by atoms with E-state index in [4.69, 9.17) is 18.9 Å². The molecule has 0 unspecified atom stereocenters. The quantitative estimate of drug-likeness (QED) is 0.427. The second-order valence-electron chi connectivity index (χ2n) is 8.50. The predicted molar refractivity (Wildman–Crippen MR) is 141 cm³/mol. The van der Waals surface area contributed by atoms with Crippen LogP contribution in [-0.2, 0) is 30.8 Å². The fourth-order valence-corrected chi connectivity index (χ4v) is 5.52. The van der Waals surface area contributed by atoms with Gasteiger partial charge in [0.1, 0.15) is 10.6 Å². The van der Waals surface area contributed by atoms with E-state index in [2.05, 4.69) is 5.32 Å². The number of hydrogen-bond donors (Lipinski definition) is 1. The summed E-state index contributed by atoms with van der Waals surface area (Å²) in [5.74, 6) is 0.551. The third kappa shape index (κ3) is 7.36. The Bertz CT molecular complexity index is 1230. The van der Waals surface area contributed by atoms with Crippen molar-refractivity contribution >= 4 is 27.5 Å². The van der Waals surface area contributed by atoms with Gasteiger partial charge in [-0.1, -0.05) is 6.07 Å². The van der Waals surface area contributed by atoms with Crippen LogP contribution >= 0.6 is 0 Å². The molecule has 11 nitrogen and oxygen atoms in total. The summed E-state index contributed by atoms with van der Waals surface area (Å²) in [6.07, 6.45) is -0.0864. The fraction of sp³-hybridized carbons (Fsp3) is 0.462. The first kappa shape index (κ1) is 29.2. The number of nitrogens with zero attached hydrogens (tertiary/aromatic N) is 2. The van der Waals surface area contributed by atoms with Gasteiger partial charge in [0.05, 0.1) is 46.5 Å². The molecule has 0 saturated carbocycles. The number of carbonyl (C=O) groups excluding carboxylic acids is 2. The number of sulfonamides is 1. The summed E-state index contributed by atoms with van der Waals surface area (Å²) >= 11 is 0. The summed E-state index contributed by atoms with van der Waals surface area (Å²) in [5.41, 5.74) is 0.999. The van der Waals surface area contributed by atoms with Crippen LogP contribution in [0.15, 0.2) is 41.3 Å². The van der Waals surface area contributed by atoms with Crippen molar-refractivity contribution in [3.63, 3.8) is 0 Å². The first-order valence-corrected chi connectivity index (χ1v) is 13.8. The summed E-state index contributed by atoms with van der Waals surface area (Å²) in [7, 11) is -0.922. The lowest BCUT2D eigenvalue weighted by Crippen LogP contribution is -2.40. The maximum absolute atomic E-state index is 13.2. The summed E-state index contributed by atoms with van der Waals surface area (Å²) in [6.45, 7) is 5.57.